The number of nitrogens with one attached hydrogen (secondary N) is 1. The SMILES string of the molecule is Cc1ccc(S(=O)(=O)N(C)c2ccc(C(=O)NCc3nc4ccccc4s3)cc2)cc1. The molecule has 0 atom stereocenters. The number of sulfonamides is 1. The van der Waals surface area contributed by atoms with E-state index < -0.39 is 10.0 Å². The molecular weight excluding hydrogens is 430 g/mol. The number of benzene rings is 3. The van der Waals surface area contributed by atoms with Crippen LogP contribution in [0.4, 0.5) is 5.69 Å². The van der Waals surface area contributed by atoms with Crippen molar-refractivity contribution in [3.63, 3.8) is 0 Å². The van der Waals surface area contributed by atoms with Gasteiger partial charge < -0.3 is 5.32 Å². The van der Waals surface area contributed by atoms with Gasteiger partial charge in [0.15, 0.2) is 0 Å². The van der Waals surface area contributed by atoms with Crippen LogP contribution in [0.15, 0.2) is 77.7 Å². The topological polar surface area (TPSA) is 79.4 Å². The zero-order valence-corrected chi connectivity index (χ0v) is 18.7. The number of rotatable bonds is 6. The van der Waals surface area contributed by atoms with E-state index in [-0.39, 0.29) is 10.8 Å². The molecule has 1 N–H and O–H groups in total. The molecule has 1 heterocycles. The Hall–Kier alpha value is -3.23. The molecule has 0 fully saturated rings. The molecule has 3 aromatic carbocycles. The molecule has 1 aromatic heterocycles. The Morgan fingerprint density at radius 1 is 1.00 bits per heavy atom. The van der Waals surface area contributed by atoms with Crippen LogP contribution in [0.25, 0.3) is 10.2 Å². The smallest absolute Gasteiger partial charge is 0.264 e. The fraction of sp³-hybridized carbons (Fsp3) is 0.130. The number of thiazole rings is 1. The van der Waals surface area contributed by atoms with Crippen molar-refractivity contribution in [1.82, 2.24) is 10.3 Å². The van der Waals surface area contributed by atoms with Crippen molar-refractivity contribution in [3.8, 4) is 0 Å². The molecule has 0 aliphatic carbocycles. The number of carbonyl (C=O) groups excluding carboxylic acids is 1. The van der Waals surface area contributed by atoms with Gasteiger partial charge in [-0.15, -0.1) is 11.3 Å². The van der Waals surface area contributed by atoms with Gasteiger partial charge in [0, 0.05) is 12.6 Å². The normalized spacial score (nSPS) is 11.4. The molecule has 0 aliphatic rings. The maximum Gasteiger partial charge on any atom is 0.264 e. The molecule has 0 radical (unpaired) electrons. The van der Waals surface area contributed by atoms with E-state index in [9.17, 15) is 13.2 Å². The van der Waals surface area contributed by atoms with Crippen LogP contribution in [0.5, 0.6) is 0 Å². The lowest BCUT2D eigenvalue weighted by Gasteiger charge is -2.20. The molecule has 0 saturated heterocycles. The molecule has 8 heteroatoms. The summed E-state index contributed by atoms with van der Waals surface area (Å²) in [5, 5.41) is 3.69. The Labute approximate surface area is 185 Å². The van der Waals surface area contributed by atoms with Crippen LogP contribution in [0, 0.1) is 6.92 Å². The molecule has 0 spiro atoms. The van der Waals surface area contributed by atoms with Crippen LogP contribution in [-0.2, 0) is 16.6 Å². The van der Waals surface area contributed by atoms with E-state index in [4.69, 9.17) is 0 Å². The van der Waals surface area contributed by atoms with Crippen molar-refractivity contribution in [2.75, 3.05) is 11.4 Å². The van der Waals surface area contributed by atoms with Crippen LogP contribution >= 0.6 is 11.3 Å². The average Bonchev–Trinajstić information content (AvgIpc) is 3.20. The van der Waals surface area contributed by atoms with Gasteiger partial charge in [-0.25, -0.2) is 13.4 Å². The van der Waals surface area contributed by atoms with Crippen LogP contribution in [-0.4, -0.2) is 26.4 Å². The number of nitrogens with zero attached hydrogens (tertiary/aromatic N) is 2. The van der Waals surface area contributed by atoms with Gasteiger partial charge in [-0.05, 0) is 55.5 Å². The lowest BCUT2D eigenvalue weighted by atomic mass is 10.2. The second-order valence-corrected chi connectivity index (χ2v) is 10.2. The maximum absolute atomic E-state index is 12.8. The number of anilines is 1. The zero-order chi connectivity index (χ0) is 22.0. The Morgan fingerprint density at radius 2 is 1.68 bits per heavy atom. The molecule has 0 unspecified atom stereocenters. The fourth-order valence-corrected chi connectivity index (χ4v) is 5.19. The summed E-state index contributed by atoms with van der Waals surface area (Å²) in [5.41, 5.74) is 2.83. The second kappa shape index (κ2) is 8.49. The summed E-state index contributed by atoms with van der Waals surface area (Å²) >= 11 is 1.54. The van der Waals surface area contributed by atoms with E-state index in [1.165, 1.54) is 11.4 Å². The monoisotopic (exact) mass is 451 g/mol. The molecule has 1 amide bonds. The van der Waals surface area contributed by atoms with E-state index in [0.717, 1.165) is 20.8 Å². The maximum atomic E-state index is 12.8. The Morgan fingerprint density at radius 3 is 2.35 bits per heavy atom. The predicted octanol–water partition coefficient (Wildman–Crippen LogP) is 4.36. The average molecular weight is 452 g/mol. The number of hydrogen-bond acceptors (Lipinski definition) is 5. The first-order valence-corrected chi connectivity index (χ1v) is 11.9. The summed E-state index contributed by atoms with van der Waals surface area (Å²) in [7, 11) is -2.18. The zero-order valence-electron chi connectivity index (χ0n) is 17.1. The summed E-state index contributed by atoms with van der Waals surface area (Å²) in [4.78, 5) is 17.2. The Balaban J connectivity index is 1.44. The first-order valence-electron chi connectivity index (χ1n) is 9.63. The number of carbonyl (C=O) groups is 1. The van der Waals surface area contributed by atoms with Crippen LogP contribution < -0.4 is 9.62 Å². The number of aromatic nitrogens is 1. The summed E-state index contributed by atoms with van der Waals surface area (Å²) < 4.78 is 28.0. The number of amides is 1. The molecule has 4 rings (SSSR count). The van der Waals surface area contributed by atoms with Crippen LogP contribution in [0.3, 0.4) is 0 Å². The van der Waals surface area contributed by atoms with Crippen LogP contribution in [0.1, 0.15) is 20.9 Å². The van der Waals surface area contributed by atoms with Crippen molar-refractivity contribution in [1.29, 1.82) is 0 Å². The molecular formula is C23H21N3O3S2. The largest absolute Gasteiger partial charge is 0.346 e. The van der Waals surface area contributed by atoms with Gasteiger partial charge in [-0.2, -0.15) is 0 Å². The van der Waals surface area contributed by atoms with Gasteiger partial charge >= 0.3 is 0 Å². The molecule has 6 nitrogen and oxygen atoms in total. The van der Waals surface area contributed by atoms with Crippen molar-refractivity contribution in [2.45, 2.75) is 18.4 Å². The van der Waals surface area contributed by atoms with Crippen molar-refractivity contribution >= 4 is 43.2 Å². The summed E-state index contributed by atoms with van der Waals surface area (Å²) in [5.74, 6) is -0.241. The molecule has 0 bridgehead atoms. The lowest BCUT2D eigenvalue weighted by Crippen LogP contribution is -2.27. The minimum absolute atomic E-state index is 0.221. The highest BCUT2D eigenvalue weighted by molar-refractivity contribution is 7.92. The minimum Gasteiger partial charge on any atom is -0.346 e. The van der Waals surface area contributed by atoms with E-state index in [0.29, 0.717) is 17.8 Å². The molecule has 0 saturated carbocycles. The van der Waals surface area contributed by atoms with Crippen molar-refractivity contribution in [2.24, 2.45) is 0 Å². The van der Waals surface area contributed by atoms with Crippen molar-refractivity contribution < 1.29 is 13.2 Å². The van der Waals surface area contributed by atoms with Gasteiger partial charge in [0.1, 0.15) is 5.01 Å². The molecule has 158 valence electrons. The van der Waals surface area contributed by atoms with E-state index in [2.05, 4.69) is 10.3 Å². The Bertz CT molecular complexity index is 1300. The highest BCUT2D eigenvalue weighted by Gasteiger charge is 2.21. The standard InChI is InChI=1S/C23H21N3O3S2/c1-16-7-13-19(14-8-16)31(28,29)26(2)18-11-9-17(10-12-18)23(27)24-15-22-25-20-5-3-4-6-21(20)30-22/h3-14H,15H2,1-2H3,(H,24,27). The third-order valence-electron chi connectivity index (χ3n) is 4.91. The second-order valence-electron chi connectivity index (χ2n) is 7.09. The fourth-order valence-electron chi connectivity index (χ4n) is 3.08. The quantitative estimate of drug-likeness (QED) is 0.472. The van der Waals surface area contributed by atoms with E-state index in [1.54, 1.807) is 59.9 Å². The van der Waals surface area contributed by atoms with E-state index >= 15 is 0 Å². The van der Waals surface area contributed by atoms with E-state index in [1.807, 2.05) is 31.2 Å². The van der Waals surface area contributed by atoms with Crippen LogP contribution in [0.2, 0.25) is 0 Å². The third kappa shape index (κ3) is 4.45. The van der Waals surface area contributed by atoms with Gasteiger partial charge in [0.05, 0.1) is 27.3 Å². The first kappa shape index (κ1) is 21.0. The molecule has 31 heavy (non-hydrogen) atoms. The Kier molecular flexibility index (Phi) is 5.75. The number of aryl methyl sites for hydroxylation is 1. The van der Waals surface area contributed by atoms with Crippen molar-refractivity contribution in [3.05, 3.63) is 88.9 Å². The molecule has 0 aliphatic heterocycles. The number of hydrogen-bond donors (Lipinski definition) is 1. The van der Waals surface area contributed by atoms with Gasteiger partial charge in [-0.3, -0.25) is 9.10 Å². The lowest BCUT2D eigenvalue weighted by molar-refractivity contribution is 0.0951. The number of fused-ring (bicyclic) bond motifs is 1. The van der Waals surface area contributed by atoms with Gasteiger partial charge in [-0.1, -0.05) is 29.8 Å². The highest BCUT2D eigenvalue weighted by Crippen LogP contribution is 2.23. The summed E-state index contributed by atoms with van der Waals surface area (Å²) in [6.45, 7) is 2.24. The highest BCUT2D eigenvalue weighted by atomic mass is 32.2. The van der Waals surface area contributed by atoms with Gasteiger partial charge in [0.25, 0.3) is 15.9 Å². The molecule has 4 aromatic rings. The summed E-state index contributed by atoms with van der Waals surface area (Å²) in [6, 6.07) is 21.0. The number of para-hydroxylation sites is 1. The van der Waals surface area contributed by atoms with Gasteiger partial charge in [0.2, 0.25) is 0 Å². The summed E-state index contributed by atoms with van der Waals surface area (Å²) in [6.07, 6.45) is 0. The minimum atomic E-state index is -3.68. The predicted molar refractivity (Wildman–Crippen MR) is 124 cm³/mol. The first-order chi connectivity index (χ1) is 14.8. The third-order valence-corrected chi connectivity index (χ3v) is 7.75.